The number of nitrogens with zero attached hydrogens (tertiary/aromatic N) is 2. The van der Waals surface area contributed by atoms with Gasteiger partial charge >= 0.3 is 0 Å². The van der Waals surface area contributed by atoms with Gasteiger partial charge in [-0.2, -0.15) is 0 Å². The van der Waals surface area contributed by atoms with Crippen molar-refractivity contribution in [1.29, 1.82) is 0 Å². The van der Waals surface area contributed by atoms with Gasteiger partial charge in [0, 0.05) is 26.3 Å². The van der Waals surface area contributed by atoms with Crippen molar-refractivity contribution in [1.82, 2.24) is 9.80 Å². The molecule has 154 valence electrons. The monoisotopic (exact) mass is 410 g/mol. The van der Waals surface area contributed by atoms with Gasteiger partial charge in [-0.3, -0.25) is 9.69 Å². The van der Waals surface area contributed by atoms with Crippen LogP contribution in [0.5, 0.6) is 5.75 Å². The molecule has 0 aromatic heterocycles. The number of carbonyl (C=O) groups is 1. The molecule has 0 radical (unpaired) electrons. The van der Waals surface area contributed by atoms with Crippen LogP contribution in [0.4, 0.5) is 0 Å². The average molecular weight is 410 g/mol. The van der Waals surface area contributed by atoms with E-state index in [9.17, 15) is 4.79 Å². The van der Waals surface area contributed by atoms with Crippen molar-refractivity contribution >= 4 is 20.2 Å². The van der Waals surface area contributed by atoms with Gasteiger partial charge in [-0.1, -0.05) is 39.8 Å². The quantitative estimate of drug-likeness (QED) is 0.374. The fourth-order valence-corrected chi connectivity index (χ4v) is 5.05. The van der Waals surface area contributed by atoms with Crippen LogP contribution in [0, 0.1) is 6.92 Å². The number of allylic oxidation sites excluding steroid dienone is 3. The molecule has 2 aliphatic heterocycles. The molecule has 0 aliphatic carbocycles. The molecule has 1 aromatic carbocycles. The van der Waals surface area contributed by atoms with Gasteiger partial charge in [-0.05, 0) is 65.7 Å². The van der Waals surface area contributed by atoms with E-state index in [0.29, 0.717) is 8.58 Å². The molecule has 29 heavy (non-hydrogen) atoms. The van der Waals surface area contributed by atoms with E-state index >= 15 is 0 Å². The molecule has 2 unspecified atom stereocenters. The molecule has 0 bridgehead atoms. The third-order valence-electron chi connectivity index (χ3n) is 5.59. The zero-order valence-corrected chi connectivity index (χ0v) is 18.8. The molecule has 0 spiro atoms. The molecule has 2 aliphatic rings. The molecule has 2 heterocycles. The van der Waals surface area contributed by atoms with Crippen molar-refractivity contribution in [2.45, 2.75) is 26.1 Å². The van der Waals surface area contributed by atoms with Crippen molar-refractivity contribution in [2.24, 2.45) is 0 Å². The summed E-state index contributed by atoms with van der Waals surface area (Å²) in [6.45, 7) is 7.52. The zero-order valence-electron chi connectivity index (χ0n) is 17.8. The summed E-state index contributed by atoms with van der Waals surface area (Å²) in [7, 11) is 4.29. The normalized spacial score (nSPS) is 20.8. The summed E-state index contributed by atoms with van der Waals surface area (Å²) in [5.74, 6) is 1.12. The van der Waals surface area contributed by atoms with E-state index in [0.717, 1.165) is 54.5 Å². The van der Waals surface area contributed by atoms with Crippen LogP contribution in [-0.2, 0) is 4.79 Å². The van der Waals surface area contributed by atoms with Crippen molar-refractivity contribution in [2.75, 3.05) is 33.8 Å². The Morgan fingerprint density at radius 3 is 2.79 bits per heavy atom. The number of ether oxygens (including phenoxy) is 1. The molecule has 5 heteroatoms. The Labute approximate surface area is 176 Å². The summed E-state index contributed by atoms with van der Waals surface area (Å²) in [5.41, 5.74) is 4.91. The van der Waals surface area contributed by atoms with Crippen LogP contribution in [0.2, 0.25) is 0 Å². The molecular formula is C24H31N2O2P. The van der Waals surface area contributed by atoms with Crippen LogP contribution in [0.3, 0.4) is 0 Å². The lowest BCUT2D eigenvalue weighted by Gasteiger charge is -2.31. The van der Waals surface area contributed by atoms with Gasteiger partial charge in [0.1, 0.15) is 12.0 Å². The SMILES string of the molecule is CCN1CC=C(C2=CN(C)C(P/C(=C\C=O)c3ccc(OC)c(C)c3)C=C2)CC1. The van der Waals surface area contributed by atoms with Gasteiger partial charge in [-0.25, -0.2) is 0 Å². The fourth-order valence-electron chi connectivity index (χ4n) is 3.77. The van der Waals surface area contributed by atoms with Crippen LogP contribution in [-0.4, -0.2) is 55.7 Å². The van der Waals surface area contributed by atoms with Crippen molar-refractivity contribution in [3.8, 4) is 5.75 Å². The fraction of sp³-hybridized carbons (Fsp3) is 0.375. The van der Waals surface area contributed by atoms with E-state index in [1.165, 1.54) is 11.1 Å². The molecule has 3 rings (SSSR count). The molecule has 2 atom stereocenters. The maximum atomic E-state index is 11.3. The van der Waals surface area contributed by atoms with Gasteiger partial charge < -0.3 is 9.64 Å². The molecular weight excluding hydrogens is 379 g/mol. The van der Waals surface area contributed by atoms with E-state index in [-0.39, 0.29) is 5.78 Å². The average Bonchev–Trinajstić information content (AvgIpc) is 2.74. The molecule has 4 nitrogen and oxygen atoms in total. The van der Waals surface area contributed by atoms with Crippen LogP contribution in [0.15, 0.2) is 59.8 Å². The molecule has 0 saturated carbocycles. The number of likely N-dealkylation sites (N-methyl/N-ethyl adjacent to an activating group) is 2. The number of carbonyl (C=O) groups excluding carboxylic acids is 1. The first-order chi connectivity index (χ1) is 14.0. The lowest BCUT2D eigenvalue weighted by Crippen LogP contribution is -2.29. The highest BCUT2D eigenvalue weighted by molar-refractivity contribution is 7.51. The molecule has 0 saturated heterocycles. The standard InChI is InChI=1S/C24H31N2O2P/c1-5-26-13-10-19(11-14-26)21-7-9-24(25(3)17-21)29-23(12-15-27)20-6-8-22(28-4)18(2)16-20/h6-10,12,15-17,24,29H,5,11,13-14H2,1-4H3/b23-12-. The molecule has 0 N–H and O–H groups in total. The van der Waals surface area contributed by atoms with E-state index in [1.54, 1.807) is 13.2 Å². The summed E-state index contributed by atoms with van der Waals surface area (Å²) in [6, 6.07) is 6.11. The molecule has 1 aromatic rings. The Morgan fingerprint density at radius 1 is 1.38 bits per heavy atom. The lowest BCUT2D eigenvalue weighted by molar-refractivity contribution is -0.104. The predicted octanol–water partition coefficient (Wildman–Crippen LogP) is 4.59. The van der Waals surface area contributed by atoms with Crippen LogP contribution < -0.4 is 4.74 Å². The lowest BCUT2D eigenvalue weighted by atomic mass is 9.98. The second kappa shape index (κ2) is 10.0. The maximum absolute atomic E-state index is 11.3. The number of hydrogen-bond acceptors (Lipinski definition) is 4. The largest absolute Gasteiger partial charge is 0.496 e. The summed E-state index contributed by atoms with van der Waals surface area (Å²) in [4.78, 5) is 16.0. The minimum absolute atomic E-state index is 0.253. The van der Waals surface area contributed by atoms with Crippen LogP contribution >= 0.6 is 8.58 Å². The van der Waals surface area contributed by atoms with Crippen LogP contribution in [0.1, 0.15) is 24.5 Å². The van der Waals surface area contributed by atoms with Gasteiger partial charge in [0.15, 0.2) is 0 Å². The van der Waals surface area contributed by atoms with Crippen molar-refractivity contribution in [3.05, 3.63) is 71.0 Å². The highest BCUT2D eigenvalue weighted by Gasteiger charge is 2.20. The number of benzene rings is 1. The first-order valence-electron chi connectivity index (χ1n) is 10.2. The second-order valence-corrected chi connectivity index (χ2v) is 8.89. The van der Waals surface area contributed by atoms with Gasteiger partial charge in [-0.15, -0.1) is 0 Å². The Bertz CT molecular complexity index is 870. The second-order valence-electron chi connectivity index (χ2n) is 7.47. The van der Waals surface area contributed by atoms with Crippen LogP contribution in [0.25, 0.3) is 5.31 Å². The van der Waals surface area contributed by atoms with Crippen molar-refractivity contribution in [3.63, 3.8) is 0 Å². The van der Waals surface area contributed by atoms with E-state index in [4.69, 9.17) is 4.74 Å². The Morgan fingerprint density at radius 2 is 2.21 bits per heavy atom. The predicted molar refractivity (Wildman–Crippen MR) is 124 cm³/mol. The number of aldehydes is 1. The number of rotatable bonds is 7. The van der Waals surface area contributed by atoms with Crippen molar-refractivity contribution < 1.29 is 9.53 Å². The smallest absolute Gasteiger partial charge is 0.143 e. The Balaban J connectivity index is 1.73. The zero-order chi connectivity index (χ0) is 20.8. The summed E-state index contributed by atoms with van der Waals surface area (Å²) < 4.78 is 5.37. The highest BCUT2D eigenvalue weighted by Crippen LogP contribution is 2.42. The minimum atomic E-state index is 0.253. The van der Waals surface area contributed by atoms with E-state index in [2.05, 4.69) is 54.3 Å². The van der Waals surface area contributed by atoms with E-state index in [1.807, 2.05) is 19.1 Å². The highest BCUT2D eigenvalue weighted by atomic mass is 31.1. The first-order valence-corrected chi connectivity index (χ1v) is 11.2. The third-order valence-corrected chi connectivity index (χ3v) is 7.26. The molecule has 0 amide bonds. The third kappa shape index (κ3) is 5.26. The maximum Gasteiger partial charge on any atom is 0.143 e. The number of aryl methyl sites for hydroxylation is 1. The van der Waals surface area contributed by atoms with E-state index < -0.39 is 0 Å². The summed E-state index contributed by atoms with van der Waals surface area (Å²) in [6.07, 6.45) is 12.8. The Hall–Kier alpha value is -2.16. The first kappa shape index (κ1) is 21.5. The summed E-state index contributed by atoms with van der Waals surface area (Å²) >= 11 is 0. The number of methoxy groups -OCH3 is 1. The topological polar surface area (TPSA) is 32.8 Å². The Kier molecular flexibility index (Phi) is 7.46. The summed E-state index contributed by atoms with van der Waals surface area (Å²) in [5, 5.41) is 1.07. The van der Waals surface area contributed by atoms with Gasteiger partial charge in [0.2, 0.25) is 0 Å². The van der Waals surface area contributed by atoms with Gasteiger partial charge in [0.25, 0.3) is 0 Å². The molecule has 0 fully saturated rings. The minimum Gasteiger partial charge on any atom is -0.496 e. The number of hydrogen-bond donors (Lipinski definition) is 0. The van der Waals surface area contributed by atoms with Gasteiger partial charge in [0.05, 0.1) is 12.9 Å².